The Bertz CT molecular complexity index is 576. The van der Waals surface area contributed by atoms with Crippen LogP contribution in [0.3, 0.4) is 0 Å². The third kappa shape index (κ3) is 2.39. The second kappa shape index (κ2) is 5.36. The van der Waals surface area contributed by atoms with Crippen LogP contribution < -0.4 is 15.5 Å². The van der Waals surface area contributed by atoms with Crippen molar-refractivity contribution in [2.24, 2.45) is 0 Å². The molecule has 1 aromatic carbocycles. The number of hydrogen-bond donors (Lipinski definition) is 1. The minimum absolute atomic E-state index is 0.816. The molecule has 0 saturated carbocycles. The lowest BCUT2D eigenvalue weighted by Crippen LogP contribution is -2.47. The monoisotopic (exact) mass is 269 g/mol. The minimum atomic E-state index is 0.816. The lowest BCUT2D eigenvalue weighted by atomic mass is 10.1. The molecule has 0 aliphatic carbocycles. The van der Waals surface area contributed by atoms with Gasteiger partial charge in [-0.3, -0.25) is 0 Å². The quantitative estimate of drug-likeness (QED) is 0.841. The van der Waals surface area contributed by atoms with Crippen LogP contribution >= 0.6 is 0 Å². The van der Waals surface area contributed by atoms with Gasteiger partial charge in [-0.25, -0.2) is 9.97 Å². The van der Waals surface area contributed by atoms with Gasteiger partial charge in [-0.05, 0) is 30.7 Å². The molecule has 1 aliphatic rings. The maximum atomic E-state index is 5.99. The topological polar surface area (TPSA) is 58.3 Å². The van der Waals surface area contributed by atoms with Crippen LogP contribution in [0.4, 0.5) is 17.3 Å². The van der Waals surface area contributed by atoms with E-state index in [4.69, 9.17) is 5.73 Å². The van der Waals surface area contributed by atoms with Crippen LogP contribution in [0.2, 0.25) is 0 Å². The average Bonchev–Trinajstić information content (AvgIpc) is 2.51. The Morgan fingerprint density at radius 1 is 0.950 bits per heavy atom. The summed E-state index contributed by atoms with van der Waals surface area (Å²) in [6, 6.07) is 7.95. The van der Waals surface area contributed by atoms with Crippen molar-refractivity contribution in [2.45, 2.75) is 6.92 Å². The molecular weight excluding hydrogens is 250 g/mol. The number of nitrogens with zero attached hydrogens (tertiary/aromatic N) is 4. The van der Waals surface area contributed by atoms with Gasteiger partial charge in [0.05, 0.1) is 0 Å². The van der Waals surface area contributed by atoms with E-state index >= 15 is 0 Å². The van der Waals surface area contributed by atoms with Crippen molar-refractivity contribution in [1.29, 1.82) is 0 Å². The zero-order chi connectivity index (χ0) is 13.9. The van der Waals surface area contributed by atoms with Gasteiger partial charge in [0.25, 0.3) is 0 Å². The molecular formula is C15H19N5. The molecule has 20 heavy (non-hydrogen) atoms. The summed E-state index contributed by atoms with van der Waals surface area (Å²) in [4.78, 5) is 13.2. The Labute approximate surface area is 119 Å². The molecule has 0 spiro atoms. The Balaban J connectivity index is 1.71. The summed E-state index contributed by atoms with van der Waals surface area (Å²) in [5.74, 6) is 0.816. The van der Waals surface area contributed by atoms with Crippen molar-refractivity contribution >= 4 is 17.3 Å². The van der Waals surface area contributed by atoms with Crippen LogP contribution in [0.1, 0.15) is 5.56 Å². The molecule has 2 aromatic rings. The van der Waals surface area contributed by atoms with Gasteiger partial charge in [0.15, 0.2) is 0 Å². The summed E-state index contributed by atoms with van der Waals surface area (Å²) in [6.45, 7) is 5.86. The van der Waals surface area contributed by atoms with E-state index in [0.29, 0.717) is 0 Å². The molecule has 0 unspecified atom stereocenters. The SMILES string of the molecule is Cc1c(N)cccc1N1CCN(c2ncccn2)CC1. The minimum Gasteiger partial charge on any atom is -0.398 e. The van der Waals surface area contributed by atoms with E-state index in [1.165, 1.54) is 5.69 Å². The summed E-state index contributed by atoms with van der Waals surface area (Å²) in [5.41, 5.74) is 9.24. The summed E-state index contributed by atoms with van der Waals surface area (Å²) in [5, 5.41) is 0. The second-order valence-corrected chi connectivity index (χ2v) is 5.01. The predicted molar refractivity (Wildman–Crippen MR) is 82.0 cm³/mol. The lowest BCUT2D eigenvalue weighted by Gasteiger charge is -2.36. The summed E-state index contributed by atoms with van der Waals surface area (Å²) in [7, 11) is 0. The summed E-state index contributed by atoms with van der Waals surface area (Å²) in [6.07, 6.45) is 3.58. The molecule has 0 amide bonds. The van der Waals surface area contributed by atoms with E-state index < -0.39 is 0 Å². The number of piperazine rings is 1. The fourth-order valence-electron chi connectivity index (χ4n) is 2.59. The van der Waals surface area contributed by atoms with Crippen LogP contribution in [0, 0.1) is 6.92 Å². The smallest absolute Gasteiger partial charge is 0.225 e. The van der Waals surface area contributed by atoms with Gasteiger partial charge in [0.2, 0.25) is 5.95 Å². The number of rotatable bonds is 2. The van der Waals surface area contributed by atoms with Gasteiger partial charge >= 0.3 is 0 Å². The molecule has 2 heterocycles. The van der Waals surface area contributed by atoms with Gasteiger partial charge in [0, 0.05) is 49.9 Å². The van der Waals surface area contributed by atoms with Gasteiger partial charge in [-0.15, -0.1) is 0 Å². The Hall–Kier alpha value is -2.30. The molecule has 2 N–H and O–H groups in total. The Morgan fingerprint density at radius 3 is 2.30 bits per heavy atom. The van der Waals surface area contributed by atoms with Crippen molar-refractivity contribution < 1.29 is 0 Å². The van der Waals surface area contributed by atoms with E-state index in [0.717, 1.165) is 43.4 Å². The van der Waals surface area contributed by atoms with Crippen molar-refractivity contribution in [3.63, 3.8) is 0 Å². The van der Waals surface area contributed by atoms with Gasteiger partial charge in [-0.2, -0.15) is 0 Å². The highest BCUT2D eigenvalue weighted by molar-refractivity contribution is 5.64. The number of benzene rings is 1. The molecule has 5 nitrogen and oxygen atoms in total. The van der Waals surface area contributed by atoms with Crippen molar-refractivity contribution in [3.8, 4) is 0 Å². The fourth-order valence-corrected chi connectivity index (χ4v) is 2.59. The Morgan fingerprint density at radius 2 is 1.60 bits per heavy atom. The number of anilines is 3. The molecule has 0 radical (unpaired) electrons. The highest BCUT2D eigenvalue weighted by Crippen LogP contribution is 2.26. The maximum Gasteiger partial charge on any atom is 0.225 e. The molecule has 0 bridgehead atoms. The van der Waals surface area contributed by atoms with E-state index in [1.807, 2.05) is 18.2 Å². The van der Waals surface area contributed by atoms with E-state index in [1.54, 1.807) is 12.4 Å². The van der Waals surface area contributed by atoms with E-state index in [2.05, 4.69) is 32.8 Å². The standard InChI is InChI=1S/C15H19N5/c1-12-13(16)4-2-5-14(12)19-8-10-20(11-9-19)15-17-6-3-7-18-15/h2-7H,8-11,16H2,1H3. The largest absolute Gasteiger partial charge is 0.398 e. The third-order valence-electron chi connectivity index (χ3n) is 3.80. The van der Waals surface area contributed by atoms with Crippen molar-refractivity contribution in [3.05, 3.63) is 42.2 Å². The first-order valence-corrected chi connectivity index (χ1v) is 6.88. The van der Waals surface area contributed by atoms with Gasteiger partial charge in [-0.1, -0.05) is 6.07 Å². The Kier molecular flexibility index (Phi) is 3.41. The zero-order valence-corrected chi connectivity index (χ0v) is 11.7. The van der Waals surface area contributed by atoms with E-state index in [9.17, 15) is 0 Å². The van der Waals surface area contributed by atoms with Crippen molar-refractivity contribution in [1.82, 2.24) is 9.97 Å². The third-order valence-corrected chi connectivity index (χ3v) is 3.80. The highest BCUT2D eigenvalue weighted by atomic mass is 15.3. The van der Waals surface area contributed by atoms with Crippen LogP contribution in [0.5, 0.6) is 0 Å². The number of aromatic nitrogens is 2. The zero-order valence-electron chi connectivity index (χ0n) is 11.7. The van der Waals surface area contributed by atoms with Gasteiger partial charge < -0.3 is 15.5 Å². The number of nitrogen functional groups attached to an aromatic ring is 1. The first-order chi connectivity index (χ1) is 9.75. The molecule has 1 fully saturated rings. The number of nitrogens with two attached hydrogens (primary N) is 1. The molecule has 1 aromatic heterocycles. The molecule has 0 atom stereocenters. The summed E-state index contributed by atoms with van der Waals surface area (Å²) >= 11 is 0. The molecule has 1 saturated heterocycles. The predicted octanol–water partition coefficient (Wildman–Crippen LogP) is 1.69. The normalized spacial score (nSPS) is 15.4. The van der Waals surface area contributed by atoms with Crippen LogP contribution in [-0.2, 0) is 0 Å². The second-order valence-electron chi connectivity index (χ2n) is 5.01. The lowest BCUT2D eigenvalue weighted by molar-refractivity contribution is 0.639. The molecule has 1 aliphatic heterocycles. The number of hydrogen-bond acceptors (Lipinski definition) is 5. The molecule has 5 heteroatoms. The van der Waals surface area contributed by atoms with Crippen LogP contribution in [-0.4, -0.2) is 36.1 Å². The van der Waals surface area contributed by atoms with Crippen molar-refractivity contribution in [2.75, 3.05) is 41.7 Å². The average molecular weight is 269 g/mol. The first-order valence-electron chi connectivity index (χ1n) is 6.88. The van der Waals surface area contributed by atoms with Gasteiger partial charge in [0.1, 0.15) is 0 Å². The summed E-state index contributed by atoms with van der Waals surface area (Å²) < 4.78 is 0. The fraction of sp³-hybridized carbons (Fsp3) is 0.333. The molecule has 104 valence electrons. The maximum absolute atomic E-state index is 5.99. The molecule has 3 rings (SSSR count). The highest BCUT2D eigenvalue weighted by Gasteiger charge is 2.20. The first kappa shape index (κ1) is 12.7. The van der Waals surface area contributed by atoms with Crippen LogP contribution in [0.25, 0.3) is 0 Å². The van der Waals surface area contributed by atoms with E-state index in [-0.39, 0.29) is 0 Å². The van der Waals surface area contributed by atoms with Crippen LogP contribution in [0.15, 0.2) is 36.7 Å².